The monoisotopic (exact) mass is 480 g/mol. The molecule has 5 aromatic rings. The fraction of sp³-hybridized carbons (Fsp3) is 0.154. The maximum Gasteiger partial charge on any atom is 0.416 e. The standard InChI is InChI=1S/C26H20ClF3N4/c27-19-8-9-20-21(11-13-32-22(20)16-19)31-12-4-14-34-24-10-7-18(26(28,29)30)15-23(24)33-25(34)17-5-2-1-3-6-17/h1-3,5-11,13,15-16H,4,12,14H2,(H,31,32). The van der Waals surface area contributed by atoms with E-state index in [0.717, 1.165) is 40.7 Å². The van der Waals surface area contributed by atoms with Crippen molar-refractivity contribution >= 4 is 39.2 Å². The van der Waals surface area contributed by atoms with Gasteiger partial charge in [-0.1, -0.05) is 41.9 Å². The summed E-state index contributed by atoms with van der Waals surface area (Å²) in [7, 11) is 0. The van der Waals surface area contributed by atoms with E-state index in [0.29, 0.717) is 35.0 Å². The zero-order valence-electron chi connectivity index (χ0n) is 18.0. The smallest absolute Gasteiger partial charge is 0.384 e. The van der Waals surface area contributed by atoms with Gasteiger partial charge in [-0.2, -0.15) is 13.2 Å². The average molecular weight is 481 g/mol. The van der Waals surface area contributed by atoms with Crippen LogP contribution in [0.1, 0.15) is 12.0 Å². The van der Waals surface area contributed by atoms with Gasteiger partial charge < -0.3 is 9.88 Å². The van der Waals surface area contributed by atoms with Gasteiger partial charge >= 0.3 is 6.18 Å². The molecule has 0 unspecified atom stereocenters. The number of imidazole rings is 1. The topological polar surface area (TPSA) is 42.7 Å². The molecule has 0 aliphatic rings. The third-order valence-electron chi connectivity index (χ3n) is 5.69. The Kier molecular flexibility index (Phi) is 5.87. The Morgan fingerprint density at radius 3 is 2.53 bits per heavy atom. The van der Waals surface area contributed by atoms with Crippen LogP contribution in [-0.2, 0) is 12.7 Å². The first kappa shape index (κ1) is 22.2. The van der Waals surface area contributed by atoms with Crippen molar-refractivity contribution in [2.75, 3.05) is 11.9 Å². The van der Waals surface area contributed by atoms with Crippen molar-refractivity contribution in [1.29, 1.82) is 0 Å². The quantitative estimate of drug-likeness (QED) is 0.257. The molecule has 0 atom stereocenters. The van der Waals surface area contributed by atoms with Crippen molar-refractivity contribution in [3.05, 3.63) is 89.6 Å². The number of rotatable bonds is 6. The van der Waals surface area contributed by atoms with E-state index >= 15 is 0 Å². The van der Waals surface area contributed by atoms with E-state index in [9.17, 15) is 13.2 Å². The number of hydrogen-bond donors (Lipinski definition) is 1. The van der Waals surface area contributed by atoms with Gasteiger partial charge in [-0.05, 0) is 48.9 Å². The van der Waals surface area contributed by atoms with Crippen LogP contribution in [0.25, 0.3) is 33.3 Å². The Bertz CT molecular complexity index is 1460. The van der Waals surface area contributed by atoms with Crippen LogP contribution >= 0.6 is 11.6 Å². The largest absolute Gasteiger partial charge is 0.416 e. The molecule has 0 amide bonds. The first-order valence-electron chi connectivity index (χ1n) is 10.8. The molecule has 0 bridgehead atoms. The lowest BCUT2D eigenvalue weighted by atomic mass is 10.2. The molecule has 8 heteroatoms. The van der Waals surface area contributed by atoms with Crippen LogP contribution in [0.15, 0.2) is 79.0 Å². The van der Waals surface area contributed by atoms with E-state index in [-0.39, 0.29) is 0 Å². The van der Waals surface area contributed by atoms with Gasteiger partial charge in [-0.3, -0.25) is 4.98 Å². The van der Waals surface area contributed by atoms with Gasteiger partial charge in [0, 0.05) is 40.9 Å². The molecule has 0 saturated heterocycles. The second-order valence-electron chi connectivity index (χ2n) is 7.95. The average Bonchev–Trinajstić information content (AvgIpc) is 3.19. The van der Waals surface area contributed by atoms with E-state index < -0.39 is 11.7 Å². The molecule has 1 N–H and O–H groups in total. The Morgan fingerprint density at radius 1 is 0.912 bits per heavy atom. The highest BCUT2D eigenvalue weighted by Crippen LogP contribution is 2.33. The van der Waals surface area contributed by atoms with E-state index in [1.54, 1.807) is 6.20 Å². The minimum atomic E-state index is -4.41. The van der Waals surface area contributed by atoms with Crippen molar-refractivity contribution < 1.29 is 13.2 Å². The van der Waals surface area contributed by atoms with Crippen LogP contribution < -0.4 is 5.32 Å². The first-order chi connectivity index (χ1) is 16.4. The highest BCUT2D eigenvalue weighted by Gasteiger charge is 2.31. The predicted molar refractivity (Wildman–Crippen MR) is 130 cm³/mol. The molecule has 5 rings (SSSR count). The van der Waals surface area contributed by atoms with Crippen molar-refractivity contribution in [2.24, 2.45) is 0 Å². The summed E-state index contributed by atoms with van der Waals surface area (Å²) in [6.07, 6.45) is -1.94. The van der Waals surface area contributed by atoms with E-state index in [1.807, 2.05) is 59.2 Å². The summed E-state index contributed by atoms with van der Waals surface area (Å²) in [6, 6.07) is 20.7. The van der Waals surface area contributed by atoms with Crippen molar-refractivity contribution in [3.8, 4) is 11.4 Å². The van der Waals surface area contributed by atoms with Gasteiger partial charge in [-0.25, -0.2) is 4.98 Å². The Morgan fingerprint density at radius 2 is 1.74 bits per heavy atom. The number of aryl methyl sites for hydroxylation is 1. The minimum absolute atomic E-state index is 0.332. The summed E-state index contributed by atoms with van der Waals surface area (Å²) in [6.45, 7) is 1.25. The lowest BCUT2D eigenvalue weighted by Crippen LogP contribution is -2.08. The van der Waals surface area contributed by atoms with Gasteiger partial charge in [0.25, 0.3) is 0 Å². The lowest BCUT2D eigenvalue weighted by molar-refractivity contribution is -0.137. The number of halogens is 4. The molecule has 2 aromatic heterocycles. The maximum atomic E-state index is 13.2. The SMILES string of the molecule is FC(F)(F)c1ccc2c(c1)nc(-c1ccccc1)n2CCCNc1ccnc2cc(Cl)ccc12. The van der Waals surface area contributed by atoms with Crippen LogP contribution in [0.2, 0.25) is 5.02 Å². The summed E-state index contributed by atoms with van der Waals surface area (Å²) < 4.78 is 41.7. The molecule has 3 aromatic carbocycles. The summed E-state index contributed by atoms with van der Waals surface area (Å²) >= 11 is 6.07. The number of aromatic nitrogens is 3. The summed E-state index contributed by atoms with van der Waals surface area (Å²) in [5, 5.41) is 5.05. The number of nitrogens with zero attached hydrogens (tertiary/aromatic N) is 3. The highest BCUT2D eigenvalue weighted by atomic mass is 35.5. The van der Waals surface area contributed by atoms with Gasteiger partial charge in [0.1, 0.15) is 5.82 Å². The number of pyridine rings is 1. The number of fused-ring (bicyclic) bond motifs is 2. The molecule has 0 radical (unpaired) electrons. The fourth-order valence-corrected chi connectivity index (χ4v) is 4.24. The van der Waals surface area contributed by atoms with E-state index in [1.165, 1.54) is 6.07 Å². The summed E-state index contributed by atoms with van der Waals surface area (Å²) in [5.41, 5.74) is 2.93. The molecular weight excluding hydrogens is 461 g/mol. The Hall–Kier alpha value is -3.58. The van der Waals surface area contributed by atoms with Gasteiger partial charge in [0.2, 0.25) is 0 Å². The molecule has 0 aliphatic heterocycles. The fourth-order valence-electron chi connectivity index (χ4n) is 4.08. The third-order valence-corrected chi connectivity index (χ3v) is 5.92. The molecule has 0 saturated carbocycles. The van der Waals surface area contributed by atoms with Crippen molar-refractivity contribution in [1.82, 2.24) is 14.5 Å². The van der Waals surface area contributed by atoms with Crippen LogP contribution in [0.5, 0.6) is 0 Å². The van der Waals surface area contributed by atoms with Crippen molar-refractivity contribution in [2.45, 2.75) is 19.1 Å². The zero-order chi connectivity index (χ0) is 23.7. The Balaban J connectivity index is 1.41. The van der Waals surface area contributed by atoms with Crippen LogP contribution in [0, 0.1) is 0 Å². The summed E-state index contributed by atoms with van der Waals surface area (Å²) in [5.74, 6) is 0.652. The molecule has 2 heterocycles. The second-order valence-corrected chi connectivity index (χ2v) is 8.39. The van der Waals surface area contributed by atoms with Gasteiger partial charge in [-0.15, -0.1) is 0 Å². The predicted octanol–water partition coefficient (Wildman–Crippen LogP) is 7.43. The van der Waals surface area contributed by atoms with Crippen LogP contribution in [0.3, 0.4) is 0 Å². The summed E-state index contributed by atoms with van der Waals surface area (Å²) in [4.78, 5) is 8.92. The normalized spacial score (nSPS) is 11.9. The van der Waals surface area contributed by atoms with Gasteiger partial charge in [0.05, 0.1) is 22.1 Å². The number of nitrogens with one attached hydrogen (secondary N) is 1. The second kappa shape index (κ2) is 8.99. The molecular formula is C26H20ClF3N4. The molecule has 0 aliphatic carbocycles. The lowest BCUT2D eigenvalue weighted by Gasteiger charge is -2.12. The number of alkyl halides is 3. The third kappa shape index (κ3) is 4.43. The molecule has 0 fully saturated rings. The minimum Gasteiger partial charge on any atom is -0.384 e. The maximum absolute atomic E-state index is 13.2. The highest BCUT2D eigenvalue weighted by molar-refractivity contribution is 6.31. The Labute approximate surface area is 199 Å². The van der Waals surface area contributed by atoms with E-state index in [4.69, 9.17) is 11.6 Å². The molecule has 34 heavy (non-hydrogen) atoms. The van der Waals surface area contributed by atoms with Gasteiger partial charge in [0.15, 0.2) is 0 Å². The van der Waals surface area contributed by atoms with Crippen molar-refractivity contribution in [3.63, 3.8) is 0 Å². The number of anilines is 1. The number of benzene rings is 3. The van der Waals surface area contributed by atoms with E-state index in [2.05, 4.69) is 15.3 Å². The first-order valence-corrected chi connectivity index (χ1v) is 11.2. The molecule has 0 spiro atoms. The number of hydrogen-bond acceptors (Lipinski definition) is 3. The molecule has 4 nitrogen and oxygen atoms in total. The van der Waals surface area contributed by atoms with Crippen LogP contribution in [-0.4, -0.2) is 21.1 Å². The molecule has 172 valence electrons. The van der Waals surface area contributed by atoms with Crippen LogP contribution in [0.4, 0.5) is 18.9 Å². The zero-order valence-corrected chi connectivity index (χ0v) is 18.7.